The highest BCUT2D eigenvalue weighted by Gasteiger charge is 2.20. The zero-order chi connectivity index (χ0) is 14.4. The van der Waals surface area contributed by atoms with E-state index in [1.54, 1.807) is 36.9 Å². The van der Waals surface area contributed by atoms with Crippen LogP contribution >= 0.6 is 23.4 Å². The van der Waals surface area contributed by atoms with Crippen LogP contribution in [-0.4, -0.2) is 35.0 Å². The van der Waals surface area contributed by atoms with Crippen LogP contribution in [0.15, 0.2) is 18.2 Å². The van der Waals surface area contributed by atoms with Gasteiger partial charge in [-0.3, -0.25) is 4.79 Å². The molecule has 104 valence electrons. The number of nitrogens with one attached hydrogen (secondary N) is 1. The quantitative estimate of drug-likeness (QED) is 0.847. The van der Waals surface area contributed by atoms with Gasteiger partial charge in [-0.2, -0.15) is 11.8 Å². The Kier molecular flexibility index (Phi) is 6.18. The lowest BCUT2D eigenvalue weighted by atomic mass is 10.1. The summed E-state index contributed by atoms with van der Waals surface area (Å²) in [6.45, 7) is 1.76. The second kappa shape index (κ2) is 7.40. The smallest absolute Gasteiger partial charge is 0.326 e. The number of benzene rings is 1. The van der Waals surface area contributed by atoms with Crippen LogP contribution in [0.1, 0.15) is 22.3 Å². The predicted octanol–water partition coefficient (Wildman–Crippen LogP) is 2.58. The first-order valence-corrected chi connectivity index (χ1v) is 7.51. The Bertz CT molecular complexity index is 479. The molecule has 0 heterocycles. The maximum atomic E-state index is 12.0. The Morgan fingerprint density at radius 3 is 2.68 bits per heavy atom. The fourth-order valence-electron chi connectivity index (χ4n) is 1.61. The second-order valence-corrected chi connectivity index (χ2v) is 5.53. The SMILES string of the molecule is CSCCC(NC(=O)c1ccc(Cl)cc1C)C(=O)O. The molecule has 0 radical (unpaired) electrons. The third kappa shape index (κ3) is 4.76. The van der Waals surface area contributed by atoms with Gasteiger partial charge < -0.3 is 10.4 Å². The van der Waals surface area contributed by atoms with Crippen molar-refractivity contribution in [2.75, 3.05) is 12.0 Å². The molecule has 19 heavy (non-hydrogen) atoms. The third-order valence-corrected chi connectivity index (χ3v) is 3.53. The van der Waals surface area contributed by atoms with Crippen molar-refractivity contribution < 1.29 is 14.7 Å². The standard InChI is InChI=1S/C13H16ClNO3S/c1-8-7-9(14)3-4-10(8)12(16)15-11(13(17)18)5-6-19-2/h3-4,7,11H,5-6H2,1-2H3,(H,15,16)(H,17,18). The number of thioether (sulfide) groups is 1. The largest absolute Gasteiger partial charge is 0.480 e. The maximum absolute atomic E-state index is 12.0. The molecule has 1 amide bonds. The Morgan fingerprint density at radius 1 is 1.47 bits per heavy atom. The van der Waals surface area contributed by atoms with E-state index in [9.17, 15) is 9.59 Å². The van der Waals surface area contributed by atoms with E-state index < -0.39 is 12.0 Å². The normalized spacial score (nSPS) is 11.9. The van der Waals surface area contributed by atoms with Crippen LogP contribution < -0.4 is 5.32 Å². The summed E-state index contributed by atoms with van der Waals surface area (Å²) in [5.41, 5.74) is 1.17. The molecule has 0 aromatic heterocycles. The highest BCUT2D eigenvalue weighted by Crippen LogP contribution is 2.15. The van der Waals surface area contributed by atoms with E-state index >= 15 is 0 Å². The lowest BCUT2D eigenvalue weighted by Crippen LogP contribution is -2.41. The van der Waals surface area contributed by atoms with E-state index in [4.69, 9.17) is 16.7 Å². The molecule has 0 aliphatic rings. The van der Waals surface area contributed by atoms with Crippen LogP contribution in [0.3, 0.4) is 0 Å². The van der Waals surface area contributed by atoms with Crippen molar-refractivity contribution in [1.82, 2.24) is 5.32 Å². The Hall–Kier alpha value is -1.20. The number of carbonyl (C=O) groups is 2. The topological polar surface area (TPSA) is 66.4 Å². The van der Waals surface area contributed by atoms with Crippen LogP contribution in [-0.2, 0) is 4.79 Å². The molecule has 0 saturated heterocycles. The maximum Gasteiger partial charge on any atom is 0.326 e. The summed E-state index contributed by atoms with van der Waals surface area (Å²) in [4.78, 5) is 23.1. The van der Waals surface area contributed by atoms with Gasteiger partial charge in [0.05, 0.1) is 0 Å². The van der Waals surface area contributed by atoms with Crippen LogP contribution in [0.5, 0.6) is 0 Å². The van der Waals surface area contributed by atoms with Gasteiger partial charge in [0, 0.05) is 10.6 Å². The summed E-state index contributed by atoms with van der Waals surface area (Å²) in [5.74, 6) is -0.728. The number of rotatable bonds is 6. The molecule has 0 fully saturated rings. The lowest BCUT2D eigenvalue weighted by molar-refractivity contribution is -0.139. The highest BCUT2D eigenvalue weighted by molar-refractivity contribution is 7.98. The highest BCUT2D eigenvalue weighted by atomic mass is 35.5. The Balaban J connectivity index is 2.78. The van der Waals surface area contributed by atoms with Crippen molar-refractivity contribution in [3.05, 3.63) is 34.3 Å². The van der Waals surface area contributed by atoms with Crippen molar-refractivity contribution in [1.29, 1.82) is 0 Å². The van der Waals surface area contributed by atoms with E-state index in [1.807, 2.05) is 6.26 Å². The number of hydrogen-bond donors (Lipinski definition) is 2. The molecule has 1 rings (SSSR count). The van der Waals surface area contributed by atoms with E-state index in [2.05, 4.69) is 5.32 Å². The first-order chi connectivity index (χ1) is 8.95. The zero-order valence-electron chi connectivity index (χ0n) is 10.8. The van der Waals surface area contributed by atoms with E-state index in [1.165, 1.54) is 0 Å². The van der Waals surface area contributed by atoms with Crippen LogP contribution in [0.4, 0.5) is 0 Å². The van der Waals surface area contributed by atoms with Gasteiger partial charge >= 0.3 is 5.97 Å². The fourth-order valence-corrected chi connectivity index (χ4v) is 2.31. The average molecular weight is 302 g/mol. The number of aliphatic carboxylic acids is 1. The first-order valence-electron chi connectivity index (χ1n) is 5.74. The van der Waals surface area contributed by atoms with E-state index in [0.29, 0.717) is 22.8 Å². The molecule has 0 saturated carbocycles. The van der Waals surface area contributed by atoms with Gasteiger partial charge in [-0.05, 0) is 49.1 Å². The van der Waals surface area contributed by atoms with Crippen molar-refractivity contribution in [3.63, 3.8) is 0 Å². The van der Waals surface area contributed by atoms with Crippen LogP contribution in [0, 0.1) is 6.92 Å². The summed E-state index contributed by atoms with van der Waals surface area (Å²) in [6.07, 6.45) is 2.29. The molecule has 0 spiro atoms. The van der Waals surface area contributed by atoms with Gasteiger partial charge in [0.1, 0.15) is 6.04 Å². The van der Waals surface area contributed by atoms with Gasteiger partial charge in [0.2, 0.25) is 0 Å². The minimum atomic E-state index is -1.02. The molecule has 2 N–H and O–H groups in total. The molecular weight excluding hydrogens is 286 g/mol. The zero-order valence-corrected chi connectivity index (χ0v) is 12.3. The van der Waals surface area contributed by atoms with Crippen molar-refractivity contribution >= 4 is 35.2 Å². The Morgan fingerprint density at radius 2 is 2.16 bits per heavy atom. The van der Waals surface area contributed by atoms with Gasteiger partial charge in [-0.25, -0.2) is 4.79 Å². The molecule has 1 atom stereocenters. The minimum Gasteiger partial charge on any atom is -0.480 e. The second-order valence-electron chi connectivity index (χ2n) is 4.11. The summed E-state index contributed by atoms with van der Waals surface area (Å²) in [5, 5.41) is 12.1. The van der Waals surface area contributed by atoms with E-state index in [-0.39, 0.29) is 5.91 Å². The first kappa shape index (κ1) is 15.9. The van der Waals surface area contributed by atoms with Crippen molar-refractivity contribution in [3.8, 4) is 0 Å². The Labute approximate surface area is 121 Å². The van der Waals surface area contributed by atoms with Crippen LogP contribution in [0.25, 0.3) is 0 Å². The van der Waals surface area contributed by atoms with Gasteiger partial charge in [0.15, 0.2) is 0 Å². The van der Waals surface area contributed by atoms with Gasteiger partial charge in [-0.1, -0.05) is 11.6 Å². The monoisotopic (exact) mass is 301 g/mol. The fraction of sp³-hybridized carbons (Fsp3) is 0.385. The molecule has 0 aliphatic carbocycles. The molecule has 0 aliphatic heterocycles. The van der Waals surface area contributed by atoms with Crippen LogP contribution in [0.2, 0.25) is 5.02 Å². The predicted molar refractivity (Wildman–Crippen MR) is 78.1 cm³/mol. The number of carboxylic acids is 1. The molecular formula is C13H16ClNO3S. The lowest BCUT2D eigenvalue weighted by Gasteiger charge is -2.15. The number of aryl methyl sites for hydroxylation is 1. The third-order valence-electron chi connectivity index (χ3n) is 2.65. The summed E-state index contributed by atoms with van der Waals surface area (Å²) < 4.78 is 0. The molecule has 6 heteroatoms. The molecule has 0 bridgehead atoms. The molecule has 1 unspecified atom stereocenters. The van der Waals surface area contributed by atoms with Crippen molar-refractivity contribution in [2.24, 2.45) is 0 Å². The number of carboxylic acid groups (broad SMARTS) is 1. The summed E-state index contributed by atoms with van der Waals surface area (Å²) in [7, 11) is 0. The summed E-state index contributed by atoms with van der Waals surface area (Å²) in [6, 6.07) is 4.02. The number of carbonyl (C=O) groups excluding carboxylic acids is 1. The van der Waals surface area contributed by atoms with E-state index in [0.717, 1.165) is 5.56 Å². The van der Waals surface area contributed by atoms with Gasteiger partial charge in [-0.15, -0.1) is 0 Å². The molecule has 4 nitrogen and oxygen atoms in total. The summed E-state index contributed by atoms with van der Waals surface area (Å²) >= 11 is 7.36. The van der Waals surface area contributed by atoms with Gasteiger partial charge in [0.25, 0.3) is 5.91 Å². The average Bonchev–Trinajstić information content (AvgIpc) is 2.33. The minimum absolute atomic E-state index is 0.386. The molecule has 1 aromatic rings. The number of hydrogen-bond acceptors (Lipinski definition) is 3. The van der Waals surface area contributed by atoms with Crippen molar-refractivity contribution in [2.45, 2.75) is 19.4 Å². The molecule has 1 aromatic carbocycles. The number of amides is 1. The number of halogens is 1.